The molecule has 132 valence electrons. The third-order valence-corrected chi connectivity index (χ3v) is 5.05. The van der Waals surface area contributed by atoms with Crippen LogP contribution in [0.15, 0.2) is 18.2 Å². The Morgan fingerprint density at radius 3 is 2.64 bits per heavy atom. The molecule has 3 rings (SSSR count). The van der Waals surface area contributed by atoms with Crippen molar-refractivity contribution in [2.45, 2.75) is 13.8 Å². The summed E-state index contributed by atoms with van der Waals surface area (Å²) in [6.07, 6.45) is 0. The Hall–Kier alpha value is -2.45. The Bertz CT molecular complexity index is 812. The molecule has 1 aliphatic heterocycles. The second-order valence-electron chi connectivity index (χ2n) is 5.85. The van der Waals surface area contributed by atoms with Crippen molar-refractivity contribution in [3.63, 3.8) is 0 Å². The highest BCUT2D eigenvalue weighted by atomic mass is 32.1. The molecule has 0 unspecified atom stereocenters. The zero-order chi connectivity index (χ0) is 18.0. The van der Waals surface area contributed by atoms with Crippen molar-refractivity contribution in [2.75, 3.05) is 36.5 Å². The number of anilines is 2. The number of carbonyl (C=O) groups excluding carboxylic acids is 1. The maximum absolute atomic E-state index is 12.5. The lowest BCUT2D eigenvalue weighted by Gasteiger charge is -2.25. The summed E-state index contributed by atoms with van der Waals surface area (Å²) in [6.45, 7) is 6.25. The average Bonchev–Trinajstić information content (AvgIpc) is 2.99. The van der Waals surface area contributed by atoms with Gasteiger partial charge in [0.25, 0.3) is 5.91 Å². The van der Waals surface area contributed by atoms with E-state index in [4.69, 9.17) is 4.74 Å². The quantitative estimate of drug-likeness (QED) is 0.870. The fraction of sp³-hybridized carbons (Fsp3) is 0.353. The summed E-state index contributed by atoms with van der Waals surface area (Å²) in [5, 5.41) is 12.7. The van der Waals surface area contributed by atoms with Crippen LogP contribution in [0.2, 0.25) is 0 Å². The molecule has 2 heterocycles. The van der Waals surface area contributed by atoms with E-state index in [0.29, 0.717) is 37.0 Å². The summed E-state index contributed by atoms with van der Waals surface area (Å²) in [6, 6.07) is 5.49. The fourth-order valence-corrected chi connectivity index (χ4v) is 3.58. The van der Waals surface area contributed by atoms with Gasteiger partial charge in [0.15, 0.2) is 15.8 Å². The molecule has 1 fully saturated rings. The molecule has 1 aromatic carbocycles. The Labute approximate surface area is 149 Å². The van der Waals surface area contributed by atoms with Crippen molar-refractivity contribution >= 4 is 34.2 Å². The highest BCUT2D eigenvalue weighted by Gasteiger charge is 2.24. The number of amides is 1. The number of nitrogens with zero attached hydrogens (tertiary/aromatic N) is 2. The number of aryl methyl sites for hydroxylation is 2. The van der Waals surface area contributed by atoms with Crippen LogP contribution < -0.4 is 10.2 Å². The van der Waals surface area contributed by atoms with E-state index in [1.54, 1.807) is 6.07 Å². The number of hydrogen-bond acceptors (Lipinski definition) is 6. The Morgan fingerprint density at radius 1 is 1.28 bits per heavy atom. The van der Waals surface area contributed by atoms with Gasteiger partial charge in [0, 0.05) is 18.7 Å². The van der Waals surface area contributed by atoms with Crippen LogP contribution in [0.3, 0.4) is 0 Å². The van der Waals surface area contributed by atoms with Crippen molar-refractivity contribution in [2.24, 2.45) is 0 Å². The van der Waals surface area contributed by atoms with Gasteiger partial charge in [-0.3, -0.25) is 4.79 Å². The van der Waals surface area contributed by atoms with Crippen molar-refractivity contribution in [1.29, 1.82) is 0 Å². The Morgan fingerprint density at radius 2 is 2.00 bits per heavy atom. The van der Waals surface area contributed by atoms with Crippen molar-refractivity contribution < 1.29 is 19.4 Å². The Kier molecular flexibility index (Phi) is 5.00. The van der Waals surface area contributed by atoms with E-state index in [9.17, 15) is 14.7 Å². The summed E-state index contributed by atoms with van der Waals surface area (Å²) in [7, 11) is 0. The van der Waals surface area contributed by atoms with Gasteiger partial charge in [-0.05, 0) is 25.5 Å². The number of carbonyl (C=O) groups is 2. The smallest absolute Gasteiger partial charge is 0.349 e. The third kappa shape index (κ3) is 3.80. The molecule has 0 spiro atoms. The monoisotopic (exact) mass is 361 g/mol. The maximum atomic E-state index is 12.5. The molecule has 1 amide bonds. The van der Waals surface area contributed by atoms with Gasteiger partial charge in [0.05, 0.1) is 13.2 Å². The highest BCUT2D eigenvalue weighted by Crippen LogP contribution is 2.31. The van der Waals surface area contributed by atoms with E-state index < -0.39 is 5.97 Å². The van der Waals surface area contributed by atoms with Crippen LogP contribution in [0.1, 0.15) is 31.2 Å². The SMILES string of the molecule is Cc1ccc(C(=O)Nc2nc(N3CCOCC3)sc2C(=O)O)c(C)c1. The predicted molar refractivity (Wildman–Crippen MR) is 96.0 cm³/mol. The van der Waals surface area contributed by atoms with Crippen LogP contribution in [-0.4, -0.2) is 48.3 Å². The van der Waals surface area contributed by atoms with E-state index in [1.165, 1.54) is 0 Å². The normalized spacial score (nSPS) is 14.4. The number of carboxylic acids is 1. The molecule has 0 atom stereocenters. The van der Waals surface area contributed by atoms with E-state index in [2.05, 4.69) is 10.3 Å². The molecular weight excluding hydrogens is 342 g/mol. The molecule has 25 heavy (non-hydrogen) atoms. The number of ether oxygens (including phenoxy) is 1. The number of nitrogens with one attached hydrogen (secondary N) is 1. The molecule has 0 radical (unpaired) electrons. The molecule has 8 heteroatoms. The van der Waals surface area contributed by atoms with Crippen LogP contribution in [0.5, 0.6) is 0 Å². The first kappa shape index (κ1) is 17.4. The molecule has 7 nitrogen and oxygen atoms in total. The lowest BCUT2D eigenvalue weighted by molar-refractivity contribution is 0.0703. The molecule has 0 bridgehead atoms. The van der Waals surface area contributed by atoms with Crippen molar-refractivity contribution in [1.82, 2.24) is 4.98 Å². The van der Waals surface area contributed by atoms with Gasteiger partial charge in [-0.2, -0.15) is 0 Å². The zero-order valence-corrected chi connectivity index (χ0v) is 14.9. The fourth-order valence-electron chi connectivity index (χ4n) is 2.67. The van der Waals surface area contributed by atoms with Crippen LogP contribution in [0.4, 0.5) is 10.9 Å². The largest absolute Gasteiger partial charge is 0.477 e. The summed E-state index contributed by atoms with van der Waals surface area (Å²) in [5.74, 6) is -1.38. The number of carboxylic acid groups (broad SMARTS) is 1. The second-order valence-corrected chi connectivity index (χ2v) is 6.83. The van der Waals surface area contributed by atoms with E-state index in [0.717, 1.165) is 22.5 Å². The third-order valence-electron chi connectivity index (χ3n) is 3.95. The molecule has 0 saturated carbocycles. The molecule has 1 aliphatic rings. The molecule has 1 aromatic heterocycles. The van der Waals surface area contributed by atoms with Gasteiger partial charge >= 0.3 is 5.97 Å². The molecule has 1 saturated heterocycles. The minimum Gasteiger partial charge on any atom is -0.477 e. The maximum Gasteiger partial charge on any atom is 0.349 e. The highest BCUT2D eigenvalue weighted by molar-refractivity contribution is 7.18. The number of aromatic nitrogens is 1. The first-order valence-electron chi connectivity index (χ1n) is 7.91. The first-order chi connectivity index (χ1) is 12.0. The van der Waals surface area contributed by atoms with E-state index in [1.807, 2.05) is 30.9 Å². The molecule has 0 aliphatic carbocycles. The summed E-state index contributed by atoms with van der Waals surface area (Å²) < 4.78 is 5.30. The lowest BCUT2D eigenvalue weighted by atomic mass is 10.1. The van der Waals surface area contributed by atoms with Gasteiger partial charge in [0.2, 0.25) is 0 Å². The standard InChI is InChI=1S/C17H19N3O4S/c1-10-3-4-12(11(2)9-10)15(21)18-14-13(16(22)23)25-17(19-14)20-5-7-24-8-6-20/h3-4,9H,5-8H2,1-2H3,(H,18,21)(H,22,23). The zero-order valence-electron chi connectivity index (χ0n) is 14.0. The van der Waals surface area contributed by atoms with Crippen LogP contribution in [-0.2, 0) is 4.74 Å². The number of rotatable bonds is 4. The average molecular weight is 361 g/mol. The number of hydrogen-bond donors (Lipinski definition) is 2. The predicted octanol–water partition coefficient (Wildman–Crippen LogP) is 2.55. The Balaban J connectivity index is 1.86. The minimum absolute atomic E-state index is 0.0274. The topological polar surface area (TPSA) is 91.8 Å². The van der Waals surface area contributed by atoms with E-state index in [-0.39, 0.29) is 16.6 Å². The van der Waals surface area contributed by atoms with Gasteiger partial charge in [-0.15, -0.1) is 0 Å². The van der Waals surface area contributed by atoms with Gasteiger partial charge in [-0.25, -0.2) is 9.78 Å². The number of aromatic carboxylic acids is 1. The van der Waals surface area contributed by atoms with Crippen LogP contribution >= 0.6 is 11.3 Å². The summed E-state index contributed by atoms with van der Waals surface area (Å²) >= 11 is 1.06. The second kappa shape index (κ2) is 7.20. The van der Waals surface area contributed by atoms with Crippen LogP contribution in [0, 0.1) is 13.8 Å². The first-order valence-corrected chi connectivity index (χ1v) is 8.73. The van der Waals surface area contributed by atoms with Crippen LogP contribution in [0.25, 0.3) is 0 Å². The van der Waals surface area contributed by atoms with Gasteiger partial charge in [-0.1, -0.05) is 29.0 Å². The van der Waals surface area contributed by atoms with Crippen molar-refractivity contribution in [3.8, 4) is 0 Å². The number of thiazole rings is 1. The summed E-state index contributed by atoms with van der Waals surface area (Å²) in [5.41, 5.74) is 2.39. The molecule has 2 aromatic rings. The van der Waals surface area contributed by atoms with Gasteiger partial charge in [0.1, 0.15) is 0 Å². The minimum atomic E-state index is -1.10. The molecular formula is C17H19N3O4S. The van der Waals surface area contributed by atoms with Gasteiger partial charge < -0.3 is 20.1 Å². The summed E-state index contributed by atoms with van der Waals surface area (Å²) in [4.78, 5) is 30.4. The van der Waals surface area contributed by atoms with Crippen molar-refractivity contribution in [3.05, 3.63) is 39.8 Å². The molecule has 2 N–H and O–H groups in total. The number of benzene rings is 1. The lowest BCUT2D eigenvalue weighted by Crippen LogP contribution is -2.36. The number of morpholine rings is 1. The van der Waals surface area contributed by atoms with E-state index >= 15 is 0 Å².